The van der Waals surface area contributed by atoms with Crippen LogP contribution < -0.4 is 4.74 Å². The summed E-state index contributed by atoms with van der Waals surface area (Å²) in [5, 5.41) is 0. The lowest BCUT2D eigenvalue weighted by Crippen LogP contribution is -2.43. The number of halogens is 3. The van der Waals surface area contributed by atoms with Gasteiger partial charge in [0.25, 0.3) is 0 Å². The van der Waals surface area contributed by atoms with Crippen molar-refractivity contribution < 1.29 is 17.9 Å². The van der Waals surface area contributed by atoms with Crippen molar-refractivity contribution in [1.82, 2.24) is 4.90 Å². The zero-order valence-corrected chi connectivity index (χ0v) is 11.4. The molecule has 1 aromatic rings. The predicted octanol–water partition coefficient (Wildman–Crippen LogP) is 3.71. The minimum absolute atomic E-state index is 0.125. The van der Waals surface area contributed by atoms with E-state index in [1.165, 1.54) is 25.0 Å². The van der Waals surface area contributed by atoms with Gasteiger partial charge in [-0.1, -0.05) is 0 Å². The van der Waals surface area contributed by atoms with Gasteiger partial charge in [-0.05, 0) is 57.0 Å². The molecule has 0 radical (unpaired) electrons. The number of fused-ring (bicyclic) bond motifs is 2. The summed E-state index contributed by atoms with van der Waals surface area (Å²) in [6.45, 7) is 0. The summed E-state index contributed by atoms with van der Waals surface area (Å²) in [6, 6.07) is 6.13. The molecular weight excluding hydrogens is 267 g/mol. The van der Waals surface area contributed by atoms with Gasteiger partial charge in [-0.25, -0.2) is 0 Å². The molecule has 0 aliphatic carbocycles. The van der Waals surface area contributed by atoms with Crippen molar-refractivity contribution in [1.29, 1.82) is 0 Å². The molecule has 2 heterocycles. The molecule has 0 saturated carbocycles. The Bertz CT molecular complexity index is 457. The fourth-order valence-electron chi connectivity index (χ4n) is 3.37. The molecule has 2 bridgehead atoms. The van der Waals surface area contributed by atoms with Crippen LogP contribution in [0, 0.1) is 0 Å². The summed E-state index contributed by atoms with van der Waals surface area (Å²) >= 11 is 0. The second kappa shape index (κ2) is 4.95. The van der Waals surface area contributed by atoms with E-state index in [9.17, 15) is 13.2 Å². The predicted molar refractivity (Wildman–Crippen MR) is 69.7 cm³/mol. The molecular formula is C15H18F3NO. The first-order chi connectivity index (χ1) is 9.43. The normalized spacial score (nSPS) is 30.5. The molecule has 0 unspecified atom stereocenters. The fourth-order valence-corrected chi connectivity index (χ4v) is 3.37. The van der Waals surface area contributed by atoms with Crippen LogP contribution >= 0.6 is 0 Å². The van der Waals surface area contributed by atoms with Crippen molar-refractivity contribution in [2.24, 2.45) is 0 Å². The second-order valence-corrected chi connectivity index (χ2v) is 5.78. The van der Waals surface area contributed by atoms with Crippen molar-refractivity contribution >= 4 is 0 Å². The summed E-state index contributed by atoms with van der Waals surface area (Å²) in [5.41, 5.74) is -0.631. The highest BCUT2D eigenvalue weighted by atomic mass is 19.4. The Kier molecular flexibility index (Phi) is 3.40. The summed E-state index contributed by atoms with van der Waals surface area (Å²) in [4.78, 5) is 2.41. The number of hydrogen-bond acceptors (Lipinski definition) is 2. The van der Waals surface area contributed by atoms with Gasteiger partial charge in [-0.15, -0.1) is 0 Å². The van der Waals surface area contributed by atoms with E-state index >= 15 is 0 Å². The molecule has 0 N–H and O–H groups in total. The number of piperidine rings is 1. The lowest BCUT2D eigenvalue weighted by atomic mass is 10.0. The van der Waals surface area contributed by atoms with Gasteiger partial charge in [0.1, 0.15) is 11.9 Å². The molecule has 0 spiro atoms. The molecule has 0 aromatic heterocycles. The molecule has 3 rings (SSSR count). The molecule has 2 aliphatic rings. The molecule has 2 nitrogen and oxygen atoms in total. The first-order valence-corrected chi connectivity index (χ1v) is 6.99. The molecule has 1 aromatic carbocycles. The minimum atomic E-state index is -4.29. The Labute approximate surface area is 116 Å². The average Bonchev–Trinajstić information content (AvgIpc) is 2.62. The van der Waals surface area contributed by atoms with Crippen LogP contribution in [0.25, 0.3) is 0 Å². The molecule has 2 fully saturated rings. The van der Waals surface area contributed by atoms with Crippen LogP contribution in [0.5, 0.6) is 5.75 Å². The molecule has 110 valence electrons. The van der Waals surface area contributed by atoms with Gasteiger partial charge in [-0.2, -0.15) is 13.2 Å². The van der Waals surface area contributed by atoms with Gasteiger partial charge in [0.2, 0.25) is 0 Å². The Morgan fingerprint density at radius 1 is 1.05 bits per heavy atom. The zero-order valence-electron chi connectivity index (χ0n) is 11.4. The Morgan fingerprint density at radius 3 is 2.10 bits per heavy atom. The van der Waals surface area contributed by atoms with Crippen LogP contribution in [0.4, 0.5) is 13.2 Å². The number of benzene rings is 1. The van der Waals surface area contributed by atoms with Gasteiger partial charge in [0, 0.05) is 12.1 Å². The second-order valence-electron chi connectivity index (χ2n) is 5.78. The van der Waals surface area contributed by atoms with Crippen molar-refractivity contribution in [3.63, 3.8) is 0 Å². The summed E-state index contributed by atoms with van der Waals surface area (Å²) in [5.74, 6) is 0.534. The molecule has 2 aliphatic heterocycles. The summed E-state index contributed by atoms with van der Waals surface area (Å²) in [7, 11) is 2.15. The maximum atomic E-state index is 12.5. The lowest BCUT2D eigenvalue weighted by Gasteiger charge is -2.36. The highest BCUT2D eigenvalue weighted by Crippen LogP contribution is 2.36. The number of ether oxygens (including phenoxy) is 1. The van der Waals surface area contributed by atoms with E-state index in [0.29, 0.717) is 17.8 Å². The van der Waals surface area contributed by atoms with Crippen LogP contribution in [-0.4, -0.2) is 30.1 Å². The van der Waals surface area contributed by atoms with Crippen molar-refractivity contribution in [2.75, 3.05) is 7.05 Å². The Morgan fingerprint density at radius 2 is 1.60 bits per heavy atom. The monoisotopic (exact) mass is 285 g/mol. The first-order valence-electron chi connectivity index (χ1n) is 6.99. The first kappa shape index (κ1) is 13.7. The van der Waals surface area contributed by atoms with E-state index in [1.807, 2.05) is 0 Å². The van der Waals surface area contributed by atoms with Crippen LogP contribution in [0.3, 0.4) is 0 Å². The highest BCUT2D eigenvalue weighted by molar-refractivity contribution is 5.29. The largest absolute Gasteiger partial charge is 0.490 e. The van der Waals surface area contributed by atoms with Gasteiger partial charge in [-0.3, -0.25) is 0 Å². The van der Waals surface area contributed by atoms with Gasteiger partial charge in [0.15, 0.2) is 0 Å². The van der Waals surface area contributed by atoms with E-state index in [2.05, 4.69) is 11.9 Å². The maximum Gasteiger partial charge on any atom is 0.416 e. The topological polar surface area (TPSA) is 12.5 Å². The number of hydrogen-bond donors (Lipinski definition) is 0. The Hall–Kier alpha value is -1.23. The molecule has 3 atom stereocenters. The van der Waals surface area contributed by atoms with Crippen molar-refractivity contribution in [3.05, 3.63) is 29.8 Å². The van der Waals surface area contributed by atoms with Crippen molar-refractivity contribution in [3.8, 4) is 5.75 Å². The van der Waals surface area contributed by atoms with E-state index < -0.39 is 11.7 Å². The SMILES string of the molecule is CN1[C@@H]2CC[C@H]1C[C@H](Oc1ccc(C(F)(F)F)cc1)C2. The standard InChI is InChI=1S/C15H18F3NO/c1-19-11-4-5-12(19)9-14(8-11)20-13-6-2-10(3-7-13)15(16,17)18/h2-3,6-7,11-12,14H,4-5,8-9H2,1H3/t11-,12+,14-. The van der Waals surface area contributed by atoms with E-state index in [1.54, 1.807) is 0 Å². The third-order valence-corrected chi connectivity index (χ3v) is 4.54. The van der Waals surface area contributed by atoms with Gasteiger partial charge in [0.05, 0.1) is 5.56 Å². The summed E-state index contributed by atoms with van der Waals surface area (Å²) < 4.78 is 43.3. The summed E-state index contributed by atoms with van der Waals surface area (Å²) in [6.07, 6.45) is 0.176. The molecule has 20 heavy (non-hydrogen) atoms. The van der Waals surface area contributed by atoms with Crippen LogP contribution in [0.2, 0.25) is 0 Å². The van der Waals surface area contributed by atoms with Crippen molar-refractivity contribution in [2.45, 2.75) is 50.0 Å². The van der Waals surface area contributed by atoms with E-state index in [4.69, 9.17) is 4.74 Å². The van der Waals surface area contributed by atoms with Gasteiger partial charge >= 0.3 is 6.18 Å². The quantitative estimate of drug-likeness (QED) is 0.821. The Balaban J connectivity index is 1.64. The van der Waals surface area contributed by atoms with E-state index in [-0.39, 0.29) is 6.10 Å². The molecule has 0 amide bonds. The highest BCUT2D eigenvalue weighted by Gasteiger charge is 2.39. The van der Waals surface area contributed by atoms with E-state index in [0.717, 1.165) is 25.0 Å². The number of alkyl halides is 3. The smallest absolute Gasteiger partial charge is 0.416 e. The third-order valence-electron chi connectivity index (χ3n) is 4.54. The molecule has 5 heteroatoms. The fraction of sp³-hybridized carbons (Fsp3) is 0.600. The average molecular weight is 285 g/mol. The number of nitrogens with zero attached hydrogens (tertiary/aromatic N) is 1. The zero-order chi connectivity index (χ0) is 14.3. The van der Waals surface area contributed by atoms with Gasteiger partial charge < -0.3 is 9.64 Å². The van der Waals surface area contributed by atoms with Crippen LogP contribution in [0.15, 0.2) is 24.3 Å². The van der Waals surface area contributed by atoms with Crippen LogP contribution in [0.1, 0.15) is 31.2 Å². The lowest BCUT2D eigenvalue weighted by molar-refractivity contribution is -0.137. The maximum absolute atomic E-state index is 12.5. The number of rotatable bonds is 2. The molecule has 2 saturated heterocycles. The third kappa shape index (κ3) is 2.64. The minimum Gasteiger partial charge on any atom is -0.490 e. The van der Waals surface area contributed by atoms with Crippen LogP contribution in [-0.2, 0) is 6.18 Å².